The minimum absolute atomic E-state index is 0.111. The Morgan fingerprint density at radius 2 is 1.77 bits per heavy atom. The van der Waals surface area contributed by atoms with Crippen molar-refractivity contribution >= 4 is 29.4 Å². The van der Waals surface area contributed by atoms with E-state index in [9.17, 15) is 29.0 Å². The van der Waals surface area contributed by atoms with Gasteiger partial charge >= 0.3 is 17.8 Å². The van der Waals surface area contributed by atoms with E-state index < -0.39 is 41.7 Å². The van der Waals surface area contributed by atoms with Gasteiger partial charge in [-0.25, -0.2) is 9.18 Å². The second kappa shape index (κ2) is 9.69. The van der Waals surface area contributed by atoms with Gasteiger partial charge in [0.1, 0.15) is 5.82 Å². The molecule has 0 saturated carbocycles. The molecule has 4 N–H and O–H groups in total. The van der Waals surface area contributed by atoms with Crippen LogP contribution in [0.15, 0.2) is 42.5 Å². The Hall–Kier alpha value is -2.97. The SMILES string of the molecule is C[C@](CO)(C[C@H](Cc1ccc(-c2cc(Cl)ccc2F)cc1)NC(=O)C(=O)O)C(=O)O. The van der Waals surface area contributed by atoms with E-state index in [1.54, 1.807) is 24.3 Å². The van der Waals surface area contributed by atoms with Gasteiger partial charge in [-0.2, -0.15) is 0 Å². The maximum atomic E-state index is 14.0. The number of hydrogen-bond donors (Lipinski definition) is 4. The van der Waals surface area contributed by atoms with E-state index >= 15 is 0 Å². The van der Waals surface area contributed by atoms with E-state index in [2.05, 4.69) is 5.32 Å². The van der Waals surface area contributed by atoms with Crippen LogP contribution in [-0.2, 0) is 20.8 Å². The van der Waals surface area contributed by atoms with Crippen LogP contribution >= 0.6 is 11.6 Å². The van der Waals surface area contributed by atoms with E-state index in [0.717, 1.165) is 0 Å². The van der Waals surface area contributed by atoms with Gasteiger partial charge in [0.15, 0.2) is 0 Å². The van der Waals surface area contributed by atoms with Gasteiger partial charge in [0, 0.05) is 16.6 Å². The summed E-state index contributed by atoms with van der Waals surface area (Å²) in [6.45, 7) is 0.620. The molecule has 0 aliphatic carbocycles. The highest BCUT2D eigenvalue weighted by Crippen LogP contribution is 2.28. The molecule has 2 aromatic carbocycles. The normalized spacial score (nSPS) is 13.9. The number of benzene rings is 2. The third-order valence-electron chi connectivity index (χ3n) is 4.77. The van der Waals surface area contributed by atoms with Crippen LogP contribution in [0.2, 0.25) is 5.02 Å². The molecule has 2 rings (SSSR count). The summed E-state index contributed by atoms with van der Waals surface area (Å²) in [6, 6.07) is 9.91. The fourth-order valence-electron chi connectivity index (χ4n) is 3.01. The smallest absolute Gasteiger partial charge is 0.394 e. The van der Waals surface area contributed by atoms with Crippen molar-refractivity contribution < 1.29 is 34.1 Å². The molecular formula is C21H21ClFNO6. The van der Waals surface area contributed by atoms with Crippen molar-refractivity contribution in [1.82, 2.24) is 5.32 Å². The predicted octanol–water partition coefficient (Wildman–Crippen LogP) is 2.73. The maximum absolute atomic E-state index is 14.0. The second-order valence-electron chi connectivity index (χ2n) is 7.23. The van der Waals surface area contributed by atoms with E-state index in [4.69, 9.17) is 16.7 Å². The summed E-state index contributed by atoms with van der Waals surface area (Å²) < 4.78 is 14.0. The Morgan fingerprint density at radius 3 is 2.30 bits per heavy atom. The first-order valence-corrected chi connectivity index (χ1v) is 9.36. The average Bonchev–Trinajstić information content (AvgIpc) is 2.70. The van der Waals surface area contributed by atoms with E-state index in [-0.39, 0.29) is 12.8 Å². The predicted molar refractivity (Wildman–Crippen MR) is 108 cm³/mol. The van der Waals surface area contributed by atoms with Crippen molar-refractivity contribution in [3.05, 3.63) is 58.9 Å². The zero-order valence-corrected chi connectivity index (χ0v) is 16.8. The highest BCUT2D eigenvalue weighted by atomic mass is 35.5. The number of carboxylic acids is 2. The zero-order valence-electron chi connectivity index (χ0n) is 16.1. The molecule has 2 atom stereocenters. The first kappa shape index (κ1) is 23.3. The van der Waals surface area contributed by atoms with Crippen LogP contribution in [0, 0.1) is 11.2 Å². The van der Waals surface area contributed by atoms with Gasteiger partial charge in [-0.3, -0.25) is 9.59 Å². The molecule has 0 radical (unpaired) electrons. The summed E-state index contributed by atoms with van der Waals surface area (Å²) >= 11 is 5.92. The van der Waals surface area contributed by atoms with Crippen LogP contribution in [-0.4, -0.2) is 45.8 Å². The minimum atomic E-state index is -1.70. The molecule has 7 nitrogen and oxygen atoms in total. The third-order valence-corrected chi connectivity index (χ3v) is 5.00. The number of carboxylic acid groups (broad SMARTS) is 2. The highest BCUT2D eigenvalue weighted by molar-refractivity contribution is 6.31. The number of rotatable bonds is 8. The average molecular weight is 438 g/mol. The number of halogens is 2. The summed E-state index contributed by atoms with van der Waals surface area (Å²) in [7, 11) is 0. The first-order chi connectivity index (χ1) is 14.1. The molecule has 0 fully saturated rings. The fourth-order valence-corrected chi connectivity index (χ4v) is 3.18. The number of aliphatic hydroxyl groups excluding tert-OH is 1. The van der Waals surface area contributed by atoms with Crippen LogP contribution < -0.4 is 5.32 Å². The van der Waals surface area contributed by atoms with Gasteiger partial charge in [-0.15, -0.1) is 0 Å². The summed E-state index contributed by atoms with van der Waals surface area (Å²) in [5.41, 5.74) is -0.0398. The molecule has 0 bridgehead atoms. The molecule has 0 heterocycles. The number of aliphatic carboxylic acids is 2. The van der Waals surface area contributed by atoms with Crippen LogP contribution in [0.5, 0.6) is 0 Å². The Labute approximate surface area is 177 Å². The number of aliphatic hydroxyl groups is 1. The number of carbonyl (C=O) groups is 3. The molecule has 30 heavy (non-hydrogen) atoms. The molecule has 1 amide bonds. The Balaban J connectivity index is 2.26. The molecule has 0 spiro atoms. The monoisotopic (exact) mass is 437 g/mol. The lowest BCUT2D eigenvalue weighted by molar-refractivity contribution is -0.152. The first-order valence-electron chi connectivity index (χ1n) is 8.98. The summed E-state index contributed by atoms with van der Waals surface area (Å²) in [4.78, 5) is 34.0. The lowest BCUT2D eigenvalue weighted by Gasteiger charge is -2.28. The lowest BCUT2D eigenvalue weighted by atomic mass is 9.82. The van der Waals surface area contributed by atoms with Crippen LogP contribution in [0.25, 0.3) is 11.1 Å². The van der Waals surface area contributed by atoms with E-state index in [1.165, 1.54) is 25.1 Å². The van der Waals surface area contributed by atoms with Crippen molar-refractivity contribution in [2.45, 2.75) is 25.8 Å². The molecule has 2 aromatic rings. The van der Waals surface area contributed by atoms with Gasteiger partial charge in [0.2, 0.25) is 0 Å². The molecule has 0 aliphatic heterocycles. The Morgan fingerprint density at radius 1 is 1.13 bits per heavy atom. The lowest BCUT2D eigenvalue weighted by Crippen LogP contribution is -2.46. The third kappa shape index (κ3) is 5.77. The quantitative estimate of drug-likeness (QED) is 0.471. The van der Waals surface area contributed by atoms with Gasteiger partial charge in [0.25, 0.3) is 0 Å². The fraction of sp³-hybridized carbons (Fsp3) is 0.286. The van der Waals surface area contributed by atoms with Crippen LogP contribution in [0.1, 0.15) is 18.9 Å². The minimum Gasteiger partial charge on any atom is -0.481 e. The number of amides is 1. The van der Waals surface area contributed by atoms with Gasteiger partial charge in [-0.05, 0) is 49.1 Å². The molecule has 0 saturated heterocycles. The van der Waals surface area contributed by atoms with Crippen molar-refractivity contribution in [2.24, 2.45) is 5.41 Å². The van der Waals surface area contributed by atoms with Crippen molar-refractivity contribution in [3.63, 3.8) is 0 Å². The summed E-state index contributed by atoms with van der Waals surface area (Å²) in [5.74, 6) is -4.69. The molecule has 0 aromatic heterocycles. The van der Waals surface area contributed by atoms with Gasteiger partial charge in [0.05, 0.1) is 12.0 Å². The van der Waals surface area contributed by atoms with Crippen molar-refractivity contribution in [2.75, 3.05) is 6.61 Å². The second-order valence-corrected chi connectivity index (χ2v) is 7.67. The standard InChI is InChI=1S/C21H21ClFNO6/c1-21(11-25,20(29)30)10-15(24-18(26)19(27)28)8-12-2-4-13(5-3-12)16-9-14(22)6-7-17(16)23/h2-7,9,15,25H,8,10-11H2,1H3,(H,24,26)(H,27,28)(H,29,30)/t15-,21+/m0/s1. The topological polar surface area (TPSA) is 124 Å². The highest BCUT2D eigenvalue weighted by Gasteiger charge is 2.36. The van der Waals surface area contributed by atoms with Crippen molar-refractivity contribution in [1.29, 1.82) is 0 Å². The van der Waals surface area contributed by atoms with Crippen molar-refractivity contribution in [3.8, 4) is 11.1 Å². The number of nitrogens with one attached hydrogen (secondary N) is 1. The molecule has 0 unspecified atom stereocenters. The van der Waals surface area contributed by atoms with E-state index in [1.807, 2.05) is 0 Å². The largest absolute Gasteiger partial charge is 0.481 e. The Bertz CT molecular complexity index is 949. The molecule has 160 valence electrons. The number of hydrogen-bond acceptors (Lipinski definition) is 4. The van der Waals surface area contributed by atoms with Gasteiger partial charge < -0.3 is 20.6 Å². The molecular weight excluding hydrogens is 417 g/mol. The zero-order chi connectivity index (χ0) is 22.5. The van der Waals surface area contributed by atoms with Crippen LogP contribution in [0.3, 0.4) is 0 Å². The van der Waals surface area contributed by atoms with Gasteiger partial charge in [-0.1, -0.05) is 35.9 Å². The molecule has 9 heteroatoms. The summed E-state index contributed by atoms with van der Waals surface area (Å²) in [5, 5.41) is 30.3. The molecule has 0 aliphatic rings. The van der Waals surface area contributed by atoms with E-state index in [0.29, 0.717) is 21.7 Å². The Kier molecular flexibility index (Phi) is 7.53. The van der Waals surface area contributed by atoms with Crippen LogP contribution in [0.4, 0.5) is 4.39 Å². The summed E-state index contributed by atoms with van der Waals surface area (Å²) in [6.07, 6.45) is -0.0806. The number of carbonyl (C=O) groups excluding carboxylic acids is 1. The maximum Gasteiger partial charge on any atom is 0.394 e.